The Bertz CT molecular complexity index is 401. The Morgan fingerprint density at radius 1 is 1.24 bits per heavy atom. The minimum absolute atomic E-state index is 0.384. The van der Waals surface area contributed by atoms with Crippen LogP contribution in [0.3, 0.4) is 0 Å². The van der Waals surface area contributed by atoms with Crippen LogP contribution in [0.15, 0.2) is 30.3 Å². The summed E-state index contributed by atoms with van der Waals surface area (Å²) in [6, 6.07) is 6.76. The van der Waals surface area contributed by atoms with Crippen LogP contribution in [0.25, 0.3) is 0 Å². The lowest BCUT2D eigenvalue weighted by Gasteiger charge is -2.30. The Morgan fingerprint density at radius 2 is 1.71 bits per heavy atom. The zero-order chi connectivity index (χ0) is 13.3. The molecule has 4 N–H and O–H groups in total. The van der Waals surface area contributed by atoms with Crippen molar-refractivity contribution in [3.63, 3.8) is 0 Å². The van der Waals surface area contributed by atoms with Crippen LogP contribution >= 0.6 is 0 Å². The third-order valence-electron chi connectivity index (χ3n) is 2.55. The molecule has 2 unspecified atom stereocenters. The molecule has 0 amide bonds. The van der Waals surface area contributed by atoms with Gasteiger partial charge in [0, 0.05) is 0 Å². The summed E-state index contributed by atoms with van der Waals surface area (Å²) >= 11 is 0. The normalized spacial score (nSPS) is 17.3. The van der Waals surface area contributed by atoms with Crippen LogP contribution in [0.1, 0.15) is 18.5 Å². The first-order chi connectivity index (χ1) is 7.67. The molecule has 1 aromatic carbocycles. The van der Waals surface area contributed by atoms with Crippen LogP contribution in [0.2, 0.25) is 0 Å². The van der Waals surface area contributed by atoms with E-state index in [-0.39, 0.29) is 0 Å². The molecule has 0 bridgehead atoms. The van der Waals surface area contributed by atoms with E-state index in [1.165, 1.54) is 12.1 Å². The maximum atomic E-state index is 12.3. The van der Waals surface area contributed by atoms with E-state index in [1.54, 1.807) is 18.2 Å². The zero-order valence-electron chi connectivity index (χ0n) is 9.16. The van der Waals surface area contributed by atoms with Crippen molar-refractivity contribution in [3.05, 3.63) is 35.9 Å². The number of nitrogens with two attached hydrogens (primary N) is 2. The lowest BCUT2D eigenvalue weighted by molar-refractivity contribution is -0.177. The Labute approximate surface area is 96.6 Å². The quantitative estimate of drug-likeness (QED) is 0.849. The number of benzene rings is 1. The Hall–Kier alpha value is -1.40. The van der Waals surface area contributed by atoms with Gasteiger partial charge in [-0.2, -0.15) is 13.2 Å². The minimum Gasteiger partial charge on any atom is -0.322 e. The molecule has 2 atom stereocenters. The molecular weight excluding hydrogens is 233 g/mol. The summed E-state index contributed by atoms with van der Waals surface area (Å²) < 4.78 is 37.0. The lowest BCUT2D eigenvalue weighted by atomic mass is 9.84. The molecule has 0 aromatic heterocycles. The fraction of sp³-hybridized carbons (Fsp3) is 0.364. The average Bonchev–Trinajstić information content (AvgIpc) is 2.27. The predicted octanol–water partition coefficient (Wildman–Crippen LogP) is 1.54. The van der Waals surface area contributed by atoms with Crippen LogP contribution in [-0.4, -0.2) is 17.5 Å². The standard InChI is InChI=1S/C11H13F3N2O/c1-10(16,9(17)11(12,13)14)8(15)7-5-3-2-4-6-7/h2-6,8H,15-16H2,1H3. The third-order valence-corrected chi connectivity index (χ3v) is 2.55. The fourth-order valence-corrected chi connectivity index (χ4v) is 1.45. The molecule has 0 radical (unpaired) electrons. The third kappa shape index (κ3) is 2.83. The van der Waals surface area contributed by atoms with Crippen LogP contribution in [0, 0.1) is 0 Å². The van der Waals surface area contributed by atoms with Crippen molar-refractivity contribution in [2.24, 2.45) is 11.5 Å². The molecule has 94 valence electrons. The van der Waals surface area contributed by atoms with E-state index in [9.17, 15) is 18.0 Å². The number of carbonyl (C=O) groups is 1. The highest BCUT2D eigenvalue weighted by Crippen LogP contribution is 2.29. The van der Waals surface area contributed by atoms with Gasteiger partial charge >= 0.3 is 6.18 Å². The number of hydrogen-bond acceptors (Lipinski definition) is 3. The summed E-state index contributed by atoms with van der Waals surface area (Å²) in [5, 5.41) is 0. The molecule has 0 spiro atoms. The van der Waals surface area contributed by atoms with E-state index in [2.05, 4.69) is 0 Å². The second-order valence-electron chi connectivity index (χ2n) is 4.00. The van der Waals surface area contributed by atoms with Crippen LogP contribution < -0.4 is 11.5 Å². The average molecular weight is 246 g/mol. The van der Waals surface area contributed by atoms with Gasteiger partial charge in [-0.05, 0) is 12.5 Å². The maximum absolute atomic E-state index is 12.3. The summed E-state index contributed by atoms with van der Waals surface area (Å²) in [6.45, 7) is 0.987. The zero-order valence-corrected chi connectivity index (χ0v) is 9.16. The van der Waals surface area contributed by atoms with Crippen molar-refractivity contribution in [2.45, 2.75) is 24.7 Å². The van der Waals surface area contributed by atoms with Gasteiger partial charge in [-0.25, -0.2) is 0 Å². The second kappa shape index (κ2) is 4.46. The highest BCUT2D eigenvalue weighted by Gasteiger charge is 2.51. The van der Waals surface area contributed by atoms with E-state index in [0.29, 0.717) is 5.56 Å². The Balaban J connectivity index is 3.03. The summed E-state index contributed by atoms with van der Waals surface area (Å²) in [5.41, 5.74) is 9.26. The van der Waals surface area contributed by atoms with Gasteiger partial charge in [0.2, 0.25) is 0 Å². The number of hydrogen-bond donors (Lipinski definition) is 2. The van der Waals surface area contributed by atoms with E-state index in [0.717, 1.165) is 6.92 Å². The van der Waals surface area contributed by atoms with Gasteiger partial charge in [0.1, 0.15) is 5.54 Å². The lowest BCUT2D eigenvalue weighted by Crippen LogP contribution is -2.58. The molecule has 6 heteroatoms. The molecule has 0 saturated heterocycles. The topological polar surface area (TPSA) is 69.1 Å². The summed E-state index contributed by atoms with van der Waals surface area (Å²) in [5.74, 6) is -2.03. The molecule has 17 heavy (non-hydrogen) atoms. The largest absolute Gasteiger partial charge is 0.452 e. The molecule has 0 saturated carbocycles. The molecule has 0 aliphatic carbocycles. The van der Waals surface area contributed by atoms with E-state index in [1.807, 2.05) is 0 Å². The highest BCUT2D eigenvalue weighted by molar-refractivity contribution is 5.93. The van der Waals surface area contributed by atoms with Gasteiger partial charge in [-0.3, -0.25) is 4.79 Å². The highest BCUT2D eigenvalue weighted by atomic mass is 19.4. The predicted molar refractivity (Wildman–Crippen MR) is 57.0 cm³/mol. The number of Topliss-reactive ketones (excluding diaryl/α,β-unsaturated/α-hetero) is 1. The van der Waals surface area contributed by atoms with Gasteiger partial charge < -0.3 is 11.5 Å². The number of ketones is 1. The van der Waals surface area contributed by atoms with Crippen LogP contribution in [0.5, 0.6) is 0 Å². The summed E-state index contributed by atoms with van der Waals surface area (Å²) in [4.78, 5) is 11.2. The van der Waals surface area contributed by atoms with Crippen molar-refractivity contribution >= 4 is 5.78 Å². The smallest absolute Gasteiger partial charge is 0.322 e. The first-order valence-corrected chi connectivity index (χ1v) is 4.88. The molecule has 0 fully saturated rings. The molecule has 1 aromatic rings. The van der Waals surface area contributed by atoms with E-state index >= 15 is 0 Å². The molecular formula is C11H13F3N2O. The molecule has 0 heterocycles. The monoisotopic (exact) mass is 246 g/mol. The second-order valence-corrected chi connectivity index (χ2v) is 4.00. The van der Waals surface area contributed by atoms with Crippen molar-refractivity contribution < 1.29 is 18.0 Å². The molecule has 0 aliphatic rings. The SMILES string of the molecule is CC(N)(C(=O)C(F)(F)F)C(N)c1ccccc1. The van der Waals surface area contributed by atoms with E-state index < -0.39 is 23.5 Å². The number of rotatable bonds is 3. The molecule has 0 aliphatic heterocycles. The molecule has 3 nitrogen and oxygen atoms in total. The summed E-state index contributed by atoms with van der Waals surface area (Å²) in [6.07, 6.45) is -4.99. The van der Waals surface area contributed by atoms with Crippen molar-refractivity contribution in [1.29, 1.82) is 0 Å². The number of halogens is 3. The van der Waals surface area contributed by atoms with Crippen LogP contribution in [-0.2, 0) is 4.79 Å². The first-order valence-electron chi connectivity index (χ1n) is 4.88. The van der Waals surface area contributed by atoms with E-state index in [4.69, 9.17) is 11.5 Å². The van der Waals surface area contributed by atoms with Gasteiger partial charge in [0.05, 0.1) is 6.04 Å². The number of carbonyl (C=O) groups excluding carboxylic acids is 1. The first kappa shape index (κ1) is 13.7. The van der Waals surface area contributed by atoms with Crippen LogP contribution in [0.4, 0.5) is 13.2 Å². The van der Waals surface area contributed by atoms with Crippen molar-refractivity contribution in [2.75, 3.05) is 0 Å². The van der Waals surface area contributed by atoms with Gasteiger partial charge in [0.25, 0.3) is 5.78 Å². The fourth-order valence-electron chi connectivity index (χ4n) is 1.45. The Morgan fingerprint density at radius 3 is 2.12 bits per heavy atom. The van der Waals surface area contributed by atoms with Crippen molar-refractivity contribution in [1.82, 2.24) is 0 Å². The van der Waals surface area contributed by atoms with Gasteiger partial charge in [-0.1, -0.05) is 30.3 Å². The van der Waals surface area contributed by atoms with Crippen molar-refractivity contribution in [3.8, 4) is 0 Å². The molecule has 1 rings (SSSR count). The Kier molecular flexibility index (Phi) is 3.59. The van der Waals surface area contributed by atoms with Gasteiger partial charge in [-0.15, -0.1) is 0 Å². The van der Waals surface area contributed by atoms with Gasteiger partial charge in [0.15, 0.2) is 0 Å². The maximum Gasteiger partial charge on any atom is 0.452 e. The summed E-state index contributed by atoms with van der Waals surface area (Å²) in [7, 11) is 0. The minimum atomic E-state index is -4.99. The number of alkyl halides is 3.